The van der Waals surface area contributed by atoms with Crippen LogP contribution in [0.3, 0.4) is 0 Å². The van der Waals surface area contributed by atoms with Gasteiger partial charge in [0, 0.05) is 19.3 Å². The van der Waals surface area contributed by atoms with E-state index in [4.69, 9.17) is 0 Å². The second-order valence-corrected chi connectivity index (χ2v) is 12.0. The Bertz CT molecular complexity index is 1330. The topological polar surface area (TPSA) is 54.0 Å². The molecular formula is C32H37F4N3O. The van der Waals surface area contributed by atoms with Crippen LogP contribution in [-0.2, 0) is 28.2 Å². The van der Waals surface area contributed by atoms with E-state index in [1.54, 1.807) is 19.2 Å². The Balaban J connectivity index is 1.71. The molecule has 0 radical (unpaired) electrons. The first-order chi connectivity index (χ1) is 18.7. The van der Waals surface area contributed by atoms with Gasteiger partial charge in [0.2, 0.25) is 5.91 Å². The maximum absolute atomic E-state index is 13.7. The molecule has 4 rings (SSSR count). The first kappa shape index (κ1) is 29.7. The molecule has 4 nitrogen and oxygen atoms in total. The van der Waals surface area contributed by atoms with Gasteiger partial charge in [-0.3, -0.25) is 15.1 Å². The van der Waals surface area contributed by atoms with E-state index in [2.05, 4.69) is 61.5 Å². The molecule has 0 fully saturated rings. The molecule has 0 aliphatic heterocycles. The van der Waals surface area contributed by atoms with E-state index in [0.717, 1.165) is 24.5 Å². The molecule has 1 aliphatic rings. The molecule has 1 aliphatic carbocycles. The minimum atomic E-state index is -4.50. The first-order valence-corrected chi connectivity index (χ1v) is 13.6. The standard InChI is InChI=1S/C32H37F4N3O/c1-30(2)16-17-31(3,4)25-18-22(10-13-24(25)30)26(14-6-20-7-15-27(38-19-20)32(34,35)36)39-28(29(40)37-5)21-8-11-23(33)12-9-21/h7-13,15,18-19,26,28,39H,6,14,16-17H2,1-5H3,(H,37,40)/t26-,28?/m0/s1. The molecule has 1 amide bonds. The second kappa shape index (κ2) is 11.3. The van der Waals surface area contributed by atoms with Crippen LogP contribution in [0.25, 0.3) is 0 Å². The maximum Gasteiger partial charge on any atom is 0.433 e. The SMILES string of the molecule is CNC(=O)C(N[C@@H](CCc1ccc(C(F)(F)F)nc1)c1ccc2c(c1)C(C)(C)CCC2(C)C)c1ccc(F)cc1. The molecule has 2 N–H and O–H groups in total. The largest absolute Gasteiger partial charge is 0.433 e. The minimum absolute atomic E-state index is 0.0279. The molecule has 214 valence electrons. The predicted molar refractivity (Wildman–Crippen MR) is 148 cm³/mol. The molecule has 0 saturated heterocycles. The number of pyridine rings is 1. The van der Waals surface area contributed by atoms with Gasteiger partial charge in [-0.15, -0.1) is 0 Å². The molecule has 1 heterocycles. The minimum Gasteiger partial charge on any atom is -0.358 e. The van der Waals surface area contributed by atoms with Gasteiger partial charge in [0.05, 0.1) is 0 Å². The Hall–Kier alpha value is -3.26. The Morgan fingerprint density at radius 1 is 0.925 bits per heavy atom. The van der Waals surface area contributed by atoms with Gasteiger partial charge in [0.25, 0.3) is 0 Å². The highest BCUT2D eigenvalue weighted by molar-refractivity contribution is 5.83. The summed E-state index contributed by atoms with van der Waals surface area (Å²) < 4.78 is 52.7. The predicted octanol–water partition coefficient (Wildman–Crippen LogP) is 7.34. The third-order valence-corrected chi connectivity index (χ3v) is 8.20. The first-order valence-electron chi connectivity index (χ1n) is 13.6. The van der Waals surface area contributed by atoms with Gasteiger partial charge in [-0.1, -0.05) is 64.1 Å². The average molecular weight is 556 g/mol. The van der Waals surface area contributed by atoms with Crippen LogP contribution in [0.2, 0.25) is 0 Å². The number of fused-ring (bicyclic) bond motifs is 1. The number of carbonyl (C=O) groups is 1. The van der Waals surface area contributed by atoms with Crippen LogP contribution in [0, 0.1) is 5.82 Å². The van der Waals surface area contributed by atoms with Crippen LogP contribution >= 0.6 is 0 Å². The smallest absolute Gasteiger partial charge is 0.358 e. The highest BCUT2D eigenvalue weighted by atomic mass is 19.4. The Labute approximate surface area is 233 Å². The maximum atomic E-state index is 13.7. The number of aryl methyl sites for hydroxylation is 1. The van der Waals surface area contributed by atoms with Gasteiger partial charge in [-0.25, -0.2) is 4.39 Å². The lowest BCUT2D eigenvalue weighted by molar-refractivity contribution is -0.141. The fraction of sp³-hybridized carbons (Fsp3) is 0.438. The quantitative estimate of drug-likeness (QED) is 0.286. The van der Waals surface area contributed by atoms with Crippen molar-refractivity contribution in [3.05, 3.63) is 100 Å². The molecule has 3 aromatic rings. The van der Waals surface area contributed by atoms with Gasteiger partial charge in [-0.2, -0.15) is 13.2 Å². The number of nitrogens with one attached hydrogen (secondary N) is 2. The zero-order valence-electron chi connectivity index (χ0n) is 23.6. The van der Waals surface area contributed by atoms with Crippen LogP contribution < -0.4 is 10.6 Å². The summed E-state index contributed by atoms with van der Waals surface area (Å²) >= 11 is 0. The monoisotopic (exact) mass is 555 g/mol. The van der Waals surface area contributed by atoms with Crippen LogP contribution in [0.5, 0.6) is 0 Å². The second-order valence-electron chi connectivity index (χ2n) is 12.0. The molecular weight excluding hydrogens is 518 g/mol. The Morgan fingerprint density at radius 2 is 1.55 bits per heavy atom. The van der Waals surface area contributed by atoms with Crippen molar-refractivity contribution < 1.29 is 22.4 Å². The number of likely N-dealkylation sites (N-methyl/N-ethyl adjacent to an activating group) is 1. The summed E-state index contributed by atoms with van der Waals surface area (Å²) in [6.45, 7) is 8.99. The van der Waals surface area contributed by atoms with E-state index in [-0.39, 0.29) is 22.8 Å². The van der Waals surface area contributed by atoms with Crippen molar-refractivity contribution in [1.82, 2.24) is 15.6 Å². The Morgan fingerprint density at radius 3 is 2.12 bits per heavy atom. The number of alkyl halides is 3. The zero-order valence-corrected chi connectivity index (χ0v) is 23.6. The van der Waals surface area contributed by atoms with Crippen molar-refractivity contribution in [1.29, 1.82) is 0 Å². The summed E-state index contributed by atoms with van der Waals surface area (Å²) in [5.41, 5.74) is 3.92. The van der Waals surface area contributed by atoms with Crippen molar-refractivity contribution in [2.75, 3.05) is 7.05 Å². The molecule has 0 saturated carbocycles. The zero-order chi connectivity index (χ0) is 29.3. The lowest BCUT2D eigenvalue weighted by atomic mass is 9.63. The van der Waals surface area contributed by atoms with Crippen molar-refractivity contribution in [3.63, 3.8) is 0 Å². The number of carbonyl (C=O) groups excluding carboxylic acids is 1. The molecule has 8 heteroatoms. The van der Waals surface area contributed by atoms with E-state index < -0.39 is 23.7 Å². The van der Waals surface area contributed by atoms with E-state index >= 15 is 0 Å². The number of benzene rings is 2. The lowest BCUT2D eigenvalue weighted by Gasteiger charge is -2.42. The molecule has 40 heavy (non-hydrogen) atoms. The van der Waals surface area contributed by atoms with Crippen molar-refractivity contribution in [2.24, 2.45) is 0 Å². The molecule has 2 atom stereocenters. The van der Waals surface area contributed by atoms with Crippen LogP contribution in [-0.4, -0.2) is 17.9 Å². The number of amides is 1. The molecule has 1 unspecified atom stereocenters. The number of aromatic nitrogens is 1. The van der Waals surface area contributed by atoms with E-state index in [0.29, 0.717) is 24.0 Å². The summed E-state index contributed by atoms with van der Waals surface area (Å²) in [5.74, 6) is -0.669. The third kappa shape index (κ3) is 6.54. The fourth-order valence-electron chi connectivity index (χ4n) is 5.54. The van der Waals surface area contributed by atoms with Gasteiger partial charge >= 0.3 is 6.18 Å². The van der Waals surface area contributed by atoms with Crippen molar-refractivity contribution in [3.8, 4) is 0 Å². The fourth-order valence-corrected chi connectivity index (χ4v) is 5.54. The average Bonchev–Trinajstić information content (AvgIpc) is 2.91. The highest BCUT2D eigenvalue weighted by Crippen LogP contribution is 2.46. The molecule has 0 spiro atoms. The van der Waals surface area contributed by atoms with Gasteiger partial charge < -0.3 is 5.32 Å². The van der Waals surface area contributed by atoms with Gasteiger partial charge in [0.15, 0.2) is 0 Å². The molecule has 2 aromatic carbocycles. The number of hydrogen-bond acceptors (Lipinski definition) is 3. The van der Waals surface area contributed by atoms with Crippen molar-refractivity contribution in [2.45, 2.75) is 82.5 Å². The molecule has 1 aromatic heterocycles. The molecule has 0 bridgehead atoms. The van der Waals surface area contributed by atoms with E-state index in [9.17, 15) is 22.4 Å². The number of rotatable bonds is 8. The van der Waals surface area contributed by atoms with Gasteiger partial charge in [0.1, 0.15) is 17.6 Å². The highest BCUT2D eigenvalue weighted by Gasteiger charge is 2.37. The lowest BCUT2D eigenvalue weighted by Crippen LogP contribution is -2.38. The van der Waals surface area contributed by atoms with Gasteiger partial charge in [-0.05, 0) is 82.5 Å². The normalized spacial score (nSPS) is 17.5. The third-order valence-electron chi connectivity index (χ3n) is 8.20. The number of hydrogen-bond donors (Lipinski definition) is 2. The van der Waals surface area contributed by atoms with Crippen LogP contribution in [0.4, 0.5) is 17.6 Å². The Kier molecular flexibility index (Phi) is 8.41. The summed E-state index contributed by atoms with van der Waals surface area (Å²) in [4.78, 5) is 16.6. The van der Waals surface area contributed by atoms with Crippen molar-refractivity contribution >= 4 is 5.91 Å². The van der Waals surface area contributed by atoms with E-state index in [1.165, 1.54) is 35.5 Å². The summed E-state index contributed by atoms with van der Waals surface area (Å²) in [5, 5.41) is 6.17. The van der Waals surface area contributed by atoms with Crippen LogP contribution in [0.1, 0.15) is 92.6 Å². The van der Waals surface area contributed by atoms with Crippen LogP contribution in [0.15, 0.2) is 60.8 Å². The number of nitrogens with zero attached hydrogens (tertiary/aromatic N) is 1. The van der Waals surface area contributed by atoms with E-state index in [1.807, 2.05) is 0 Å². The summed E-state index contributed by atoms with van der Waals surface area (Å²) in [7, 11) is 1.55. The number of halogens is 4. The summed E-state index contributed by atoms with van der Waals surface area (Å²) in [6.07, 6.45) is -0.166. The summed E-state index contributed by atoms with van der Waals surface area (Å²) in [6, 6.07) is 13.6.